The van der Waals surface area contributed by atoms with E-state index in [2.05, 4.69) is 122 Å². The summed E-state index contributed by atoms with van der Waals surface area (Å²) < 4.78 is 16.6. The molecule has 2 nitrogen and oxygen atoms in total. The van der Waals surface area contributed by atoms with Gasteiger partial charge in [-0.05, 0) is 69.6 Å². The van der Waals surface area contributed by atoms with Crippen LogP contribution >= 0.6 is 7.92 Å². The second kappa shape index (κ2) is 11.0. The van der Waals surface area contributed by atoms with Gasteiger partial charge in [0.25, 0.3) is 0 Å². The van der Waals surface area contributed by atoms with E-state index in [0.717, 1.165) is 5.56 Å². The van der Waals surface area contributed by atoms with E-state index < -0.39 is 18.9 Å². The van der Waals surface area contributed by atoms with E-state index in [0.29, 0.717) is 0 Å². The third kappa shape index (κ3) is 6.16. The van der Waals surface area contributed by atoms with Crippen LogP contribution in [0.15, 0.2) is 103 Å². The number of hydrogen-bond acceptors (Lipinski definition) is 1. The molecule has 0 fully saturated rings. The minimum Gasteiger partial charge on any atom is -0.242 e. The van der Waals surface area contributed by atoms with Crippen LogP contribution in [0.2, 0.25) is 0 Å². The number of aryl methyl sites for hydroxylation is 2. The van der Waals surface area contributed by atoms with Crippen molar-refractivity contribution < 1.29 is 4.21 Å². The first-order chi connectivity index (χ1) is 16.7. The first-order valence-electron chi connectivity index (χ1n) is 12.0. The Hall–Kier alpha value is -2.58. The summed E-state index contributed by atoms with van der Waals surface area (Å²) in [7, 11) is -2.03. The molecule has 0 aliphatic rings. The fourth-order valence-electron chi connectivity index (χ4n) is 4.29. The van der Waals surface area contributed by atoms with Crippen LogP contribution in [0, 0.1) is 13.8 Å². The number of benzene rings is 4. The maximum absolute atomic E-state index is 13.4. The maximum Gasteiger partial charge on any atom is 0.0979 e. The molecule has 0 bridgehead atoms. The molecular weight excluding hydrogens is 465 g/mol. The quantitative estimate of drug-likeness (QED) is 0.301. The largest absolute Gasteiger partial charge is 0.242 e. The molecule has 0 aliphatic heterocycles. The monoisotopic (exact) mass is 499 g/mol. The predicted molar refractivity (Wildman–Crippen MR) is 154 cm³/mol. The highest BCUT2D eigenvalue weighted by Crippen LogP contribution is 2.37. The van der Waals surface area contributed by atoms with Crippen molar-refractivity contribution in [3.63, 3.8) is 0 Å². The van der Waals surface area contributed by atoms with Crippen LogP contribution in [0.3, 0.4) is 0 Å². The lowest BCUT2D eigenvalue weighted by atomic mass is 9.96. The van der Waals surface area contributed by atoms with Crippen LogP contribution in [-0.2, 0) is 11.0 Å². The maximum atomic E-state index is 13.4. The van der Waals surface area contributed by atoms with Gasteiger partial charge in [0.15, 0.2) is 0 Å². The normalized spacial score (nSPS) is 13.5. The Kier molecular flexibility index (Phi) is 8.02. The number of rotatable bonds is 7. The average Bonchev–Trinajstić information content (AvgIpc) is 2.83. The first-order valence-corrected chi connectivity index (χ1v) is 14.5. The summed E-state index contributed by atoms with van der Waals surface area (Å²) in [6.45, 7) is 10.3. The highest BCUT2D eigenvalue weighted by Gasteiger charge is 2.29. The van der Waals surface area contributed by atoms with Crippen molar-refractivity contribution in [3.05, 3.63) is 125 Å². The zero-order valence-corrected chi connectivity index (χ0v) is 22.9. The van der Waals surface area contributed by atoms with Crippen molar-refractivity contribution in [1.82, 2.24) is 4.72 Å². The summed E-state index contributed by atoms with van der Waals surface area (Å²) in [4.78, 5) is 0. The van der Waals surface area contributed by atoms with Gasteiger partial charge in [0.1, 0.15) is 0 Å². The lowest BCUT2D eigenvalue weighted by molar-refractivity contribution is 0.624. The van der Waals surface area contributed by atoms with Gasteiger partial charge in [-0.3, -0.25) is 0 Å². The molecule has 4 heteroatoms. The smallest absolute Gasteiger partial charge is 0.0979 e. The minimum atomic E-state index is -1.23. The van der Waals surface area contributed by atoms with E-state index in [4.69, 9.17) is 0 Å². The van der Waals surface area contributed by atoms with E-state index in [1.807, 2.05) is 20.8 Å². The summed E-state index contributed by atoms with van der Waals surface area (Å²) in [5, 5.41) is 3.89. The topological polar surface area (TPSA) is 29.1 Å². The highest BCUT2D eigenvalue weighted by molar-refractivity contribution is 7.84. The third-order valence-electron chi connectivity index (χ3n) is 5.88. The zero-order chi connectivity index (χ0) is 25.0. The molecule has 0 saturated heterocycles. The Balaban J connectivity index is 1.93. The Morgan fingerprint density at radius 2 is 1.20 bits per heavy atom. The lowest BCUT2D eigenvalue weighted by Gasteiger charge is -2.29. The van der Waals surface area contributed by atoms with Gasteiger partial charge < -0.3 is 0 Å². The van der Waals surface area contributed by atoms with Crippen LogP contribution in [0.5, 0.6) is 0 Å². The Labute approximate surface area is 214 Å². The van der Waals surface area contributed by atoms with Gasteiger partial charge in [-0.1, -0.05) is 114 Å². The summed E-state index contributed by atoms with van der Waals surface area (Å²) in [6, 6.07) is 36.6. The molecule has 1 N–H and O–H groups in total. The summed E-state index contributed by atoms with van der Waals surface area (Å²) >= 11 is 0. The zero-order valence-electron chi connectivity index (χ0n) is 21.2. The lowest BCUT2D eigenvalue weighted by Crippen LogP contribution is -2.38. The third-order valence-corrected chi connectivity index (χ3v) is 9.96. The van der Waals surface area contributed by atoms with Crippen molar-refractivity contribution in [3.8, 4) is 0 Å². The molecule has 0 spiro atoms. The van der Waals surface area contributed by atoms with Crippen LogP contribution in [0.1, 0.15) is 49.1 Å². The number of hydrogen-bond donors (Lipinski definition) is 1. The molecule has 4 aromatic carbocycles. The van der Waals surface area contributed by atoms with Gasteiger partial charge >= 0.3 is 0 Å². The molecule has 0 radical (unpaired) electrons. The SMILES string of the molecule is Cc1cc(C)cc([C@@H](NS(=O)C(C)(C)C)c2ccccc2P(c2ccccc2)c2ccccc2)c1. The van der Waals surface area contributed by atoms with Crippen molar-refractivity contribution in [2.75, 3.05) is 0 Å². The van der Waals surface area contributed by atoms with E-state index in [1.54, 1.807) is 0 Å². The molecule has 4 aromatic rings. The molecule has 4 rings (SSSR count). The molecular formula is C31H34NOPS. The summed E-state index contributed by atoms with van der Waals surface area (Å²) in [5.74, 6) is 0. The predicted octanol–water partition coefficient (Wildman–Crippen LogP) is 6.20. The molecule has 0 saturated carbocycles. The van der Waals surface area contributed by atoms with Crippen LogP contribution in [-0.4, -0.2) is 8.96 Å². The molecule has 0 amide bonds. The number of nitrogens with one attached hydrogen (secondary N) is 1. The molecule has 35 heavy (non-hydrogen) atoms. The standard InChI is InChI=1S/C31H34NOPS/c1-23-20-24(2)22-25(21-23)30(32-35(33)31(3,4)5)28-18-12-13-19-29(28)34(26-14-8-6-9-15-26)27-16-10-7-11-17-27/h6-22,30,32H,1-5H3/t30-,35?/m1/s1. The molecule has 2 atom stereocenters. The molecule has 180 valence electrons. The minimum absolute atomic E-state index is 0.192. The summed E-state index contributed by atoms with van der Waals surface area (Å²) in [6.07, 6.45) is 0. The fraction of sp³-hybridized carbons (Fsp3) is 0.226. The second-order valence-electron chi connectivity index (χ2n) is 9.92. The molecule has 0 heterocycles. The Morgan fingerprint density at radius 1 is 0.714 bits per heavy atom. The molecule has 0 aromatic heterocycles. The van der Waals surface area contributed by atoms with Crippen LogP contribution in [0.25, 0.3) is 0 Å². The molecule has 0 aliphatic carbocycles. The van der Waals surface area contributed by atoms with Gasteiger partial charge in [-0.15, -0.1) is 0 Å². The fourth-order valence-corrected chi connectivity index (χ4v) is 7.61. The Morgan fingerprint density at radius 3 is 1.71 bits per heavy atom. The van der Waals surface area contributed by atoms with Gasteiger partial charge in [0.2, 0.25) is 0 Å². The Bertz CT molecular complexity index is 1240. The summed E-state index contributed by atoms with van der Waals surface area (Å²) in [5.41, 5.74) is 4.73. The van der Waals surface area contributed by atoms with Gasteiger partial charge in [0.05, 0.1) is 21.8 Å². The van der Waals surface area contributed by atoms with Crippen molar-refractivity contribution in [1.29, 1.82) is 0 Å². The van der Waals surface area contributed by atoms with Gasteiger partial charge in [-0.25, -0.2) is 8.93 Å². The van der Waals surface area contributed by atoms with E-state index in [-0.39, 0.29) is 10.8 Å². The second-order valence-corrected chi connectivity index (χ2v) is 14.1. The van der Waals surface area contributed by atoms with E-state index >= 15 is 0 Å². The first kappa shape index (κ1) is 25.5. The average molecular weight is 500 g/mol. The molecule has 1 unspecified atom stereocenters. The highest BCUT2D eigenvalue weighted by atomic mass is 32.2. The van der Waals surface area contributed by atoms with Crippen LogP contribution < -0.4 is 20.6 Å². The van der Waals surface area contributed by atoms with Crippen molar-refractivity contribution in [2.45, 2.75) is 45.4 Å². The van der Waals surface area contributed by atoms with Gasteiger partial charge in [0, 0.05) is 0 Å². The van der Waals surface area contributed by atoms with E-state index in [1.165, 1.54) is 32.6 Å². The van der Waals surface area contributed by atoms with Crippen LogP contribution in [0.4, 0.5) is 0 Å². The van der Waals surface area contributed by atoms with E-state index in [9.17, 15) is 4.21 Å². The van der Waals surface area contributed by atoms with Crippen molar-refractivity contribution >= 4 is 34.8 Å². The van der Waals surface area contributed by atoms with Gasteiger partial charge in [-0.2, -0.15) is 0 Å². The van der Waals surface area contributed by atoms with Crippen molar-refractivity contribution in [2.24, 2.45) is 0 Å².